The fourth-order valence-electron chi connectivity index (χ4n) is 1.67. The highest BCUT2D eigenvalue weighted by Crippen LogP contribution is 2.36. The number of aryl methyl sites for hydroxylation is 1. The van der Waals surface area contributed by atoms with Gasteiger partial charge in [-0.05, 0) is 19.1 Å². The van der Waals surface area contributed by atoms with Crippen molar-refractivity contribution in [3.05, 3.63) is 34.6 Å². The number of benzene rings is 1. The second-order valence-corrected chi connectivity index (χ2v) is 4.94. The summed E-state index contributed by atoms with van der Waals surface area (Å²) < 4.78 is 23.7. The smallest absolute Gasteiger partial charge is 0.357 e. The van der Waals surface area contributed by atoms with Gasteiger partial charge in [0.25, 0.3) is 0 Å². The van der Waals surface area contributed by atoms with Crippen LogP contribution in [0.5, 0.6) is 5.75 Å². The molecule has 100 valence electrons. The van der Waals surface area contributed by atoms with Gasteiger partial charge in [-0.2, -0.15) is 0 Å². The Hall–Kier alpha value is -1.95. The number of hydrogen-bond donors (Lipinski definition) is 0. The van der Waals surface area contributed by atoms with Crippen molar-refractivity contribution in [3.8, 4) is 16.3 Å². The average Bonchev–Trinajstić information content (AvgIpc) is 2.79. The molecule has 2 rings (SSSR count). The minimum atomic E-state index is -0.532. The Balaban J connectivity index is 2.57. The normalized spacial score (nSPS) is 10.3. The van der Waals surface area contributed by atoms with Crippen LogP contribution in [0, 0.1) is 12.7 Å². The Morgan fingerprint density at radius 1 is 1.37 bits per heavy atom. The van der Waals surface area contributed by atoms with E-state index in [1.165, 1.54) is 31.6 Å². The highest BCUT2D eigenvalue weighted by molar-refractivity contribution is 7.15. The van der Waals surface area contributed by atoms with Crippen LogP contribution in [0.3, 0.4) is 0 Å². The summed E-state index contributed by atoms with van der Waals surface area (Å²) in [6.07, 6.45) is 0. The van der Waals surface area contributed by atoms with Crippen LogP contribution < -0.4 is 4.74 Å². The van der Waals surface area contributed by atoms with E-state index in [1.54, 1.807) is 19.1 Å². The van der Waals surface area contributed by atoms with Gasteiger partial charge in [-0.15, -0.1) is 11.3 Å². The zero-order valence-electron chi connectivity index (χ0n) is 10.7. The van der Waals surface area contributed by atoms with E-state index in [0.29, 0.717) is 15.6 Å². The van der Waals surface area contributed by atoms with Crippen LogP contribution in [0.25, 0.3) is 10.6 Å². The molecule has 1 aromatic heterocycles. The van der Waals surface area contributed by atoms with Gasteiger partial charge in [0.15, 0.2) is 5.69 Å². The van der Waals surface area contributed by atoms with Gasteiger partial charge in [-0.1, -0.05) is 6.07 Å². The van der Waals surface area contributed by atoms with E-state index in [1.807, 2.05) is 0 Å². The van der Waals surface area contributed by atoms with Crippen LogP contribution in [0.1, 0.15) is 15.4 Å². The molecule has 1 aromatic carbocycles. The molecular formula is C13H12FNO3S. The quantitative estimate of drug-likeness (QED) is 0.811. The van der Waals surface area contributed by atoms with Crippen molar-refractivity contribution in [2.24, 2.45) is 0 Å². The molecule has 0 atom stereocenters. The predicted octanol–water partition coefficient (Wildman–Crippen LogP) is 3.05. The van der Waals surface area contributed by atoms with E-state index in [2.05, 4.69) is 9.72 Å². The summed E-state index contributed by atoms with van der Waals surface area (Å²) in [4.78, 5) is 16.3. The minimum Gasteiger partial charge on any atom is -0.496 e. The Labute approximate surface area is 113 Å². The number of aromatic nitrogens is 1. The number of halogens is 1. The number of nitrogens with zero attached hydrogens (tertiary/aromatic N) is 1. The summed E-state index contributed by atoms with van der Waals surface area (Å²) in [5, 5.41) is 0.396. The van der Waals surface area contributed by atoms with Gasteiger partial charge in [0.2, 0.25) is 0 Å². The maximum atomic E-state index is 13.9. The molecule has 0 spiro atoms. The van der Waals surface area contributed by atoms with Gasteiger partial charge in [0, 0.05) is 4.88 Å². The molecule has 0 fully saturated rings. The molecule has 6 heteroatoms. The second-order valence-electron chi connectivity index (χ2n) is 3.73. The minimum absolute atomic E-state index is 0.202. The van der Waals surface area contributed by atoms with Crippen LogP contribution in [0.2, 0.25) is 0 Å². The molecular weight excluding hydrogens is 269 g/mol. The lowest BCUT2D eigenvalue weighted by atomic mass is 10.2. The number of carbonyl (C=O) groups excluding carboxylic acids is 1. The number of hydrogen-bond acceptors (Lipinski definition) is 5. The SMILES string of the molecule is COC(=O)c1nc(-c2c(F)cccc2OC)sc1C. The molecule has 0 amide bonds. The highest BCUT2D eigenvalue weighted by Gasteiger charge is 2.21. The van der Waals surface area contributed by atoms with Crippen LogP contribution in [0.4, 0.5) is 4.39 Å². The lowest BCUT2D eigenvalue weighted by Gasteiger charge is -2.06. The Bertz CT molecular complexity index is 624. The summed E-state index contributed by atoms with van der Waals surface area (Å²) in [6.45, 7) is 1.74. The van der Waals surface area contributed by atoms with Gasteiger partial charge in [0.05, 0.1) is 19.8 Å². The molecule has 0 aliphatic carbocycles. The van der Waals surface area contributed by atoms with Crippen LogP contribution in [-0.2, 0) is 4.74 Å². The largest absolute Gasteiger partial charge is 0.496 e. The summed E-state index contributed by atoms with van der Waals surface area (Å²) >= 11 is 1.22. The number of esters is 1. The average molecular weight is 281 g/mol. The maximum absolute atomic E-state index is 13.9. The zero-order valence-corrected chi connectivity index (χ0v) is 11.5. The van der Waals surface area contributed by atoms with Crippen molar-refractivity contribution in [2.45, 2.75) is 6.92 Å². The first-order valence-corrected chi connectivity index (χ1v) is 6.28. The van der Waals surface area contributed by atoms with Gasteiger partial charge in [0.1, 0.15) is 16.6 Å². The molecule has 0 radical (unpaired) electrons. The molecule has 0 saturated heterocycles. The van der Waals surface area contributed by atoms with Crippen LogP contribution in [-0.4, -0.2) is 25.2 Å². The number of thiazole rings is 1. The van der Waals surface area contributed by atoms with Gasteiger partial charge in [-0.3, -0.25) is 0 Å². The van der Waals surface area contributed by atoms with Crippen molar-refractivity contribution in [3.63, 3.8) is 0 Å². The topological polar surface area (TPSA) is 48.4 Å². The van der Waals surface area contributed by atoms with Crippen molar-refractivity contribution < 1.29 is 18.7 Å². The molecule has 0 N–H and O–H groups in total. The second kappa shape index (κ2) is 5.36. The van der Waals surface area contributed by atoms with Gasteiger partial charge < -0.3 is 9.47 Å². The fourth-order valence-corrected chi connectivity index (χ4v) is 2.62. The van der Waals surface area contributed by atoms with Crippen LogP contribution in [0.15, 0.2) is 18.2 Å². The lowest BCUT2D eigenvalue weighted by Crippen LogP contribution is -2.03. The van der Waals surface area contributed by atoms with Gasteiger partial charge in [-0.25, -0.2) is 14.2 Å². The first-order valence-electron chi connectivity index (χ1n) is 5.47. The molecule has 0 aliphatic heterocycles. The van der Waals surface area contributed by atoms with E-state index >= 15 is 0 Å². The van der Waals surface area contributed by atoms with Crippen molar-refractivity contribution in [1.82, 2.24) is 4.98 Å². The van der Waals surface area contributed by atoms with E-state index in [9.17, 15) is 9.18 Å². The molecule has 0 saturated carbocycles. The molecule has 2 aromatic rings. The van der Waals surface area contributed by atoms with Crippen LogP contribution >= 0.6 is 11.3 Å². The van der Waals surface area contributed by atoms with E-state index in [4.69, 9.17) is 4.74 Å². The molecule has 0 aliphatic rings. The first kappa shape index (κ1) is 13.5. The number of methoxy groups -OCH3 is 2. The zero-order chi connectivity index (χ0) is 14.0. The maximum Gasteiger partial charge on any atom is 0.357 e. The number of ether oxygens (including phenoxy) is 2. The molecule has 0 bridgehead atoms. The third kappa shape index (κ3) is 2.44. The monoisotopic (exact) mass is 281 g/mol. The van der Waals surface area contributed by atoms with E-state index in [0.717, 1.165) is 0 Å². The van der Waals surface area contributed by atoms with Crippen molar-refractivity contribution in [1.29, 1.82) is 0 Å². The van der Waals surface area contributed by atoms with E-state index in [-0.39, 0.29) is 11.3 Å². The molecule has 1 heterocycles. The molecule has 4 nitrogen and oxygen atoms in total. The highest BCUT2D eigenvalue weighted by atomic mass is 32.1. The third-order valence-electron chi connectivity index (χ3n) is 2.58. The summed E-state index contributed by atoms with van der Waals surface area (Å²) in [5.41, 5.74) is 0.459. The van der Waals surface area contributed by atoms with Crippen molar-refractivity contribution >= 4 is 17.3 Å². The Kier molecular flexibility index (Phi) is 3.80. The standard InChI is InChI=1S/C13H12FNO3S/c1-7-11(13(16)18-3)15-12(19-7)10-8(14)5-4-6-9(10)17-2/h4-6H,1-3H3. The van der Waals surface area contributed by atoms with Crippen molar-refractivity contribution in [2.75, 3.05) is 14.2 Å². The summed E-state index contributed by atoms with van der Waals surface area (Å²) in [6, 6.07) is 4.53. The fraction of sp³-hybridized carbons (Fsp3) is 0.231. The number of rotatable bonds is 3. The number of carbonyl (C=O) groups is 1. The molecule has 19 heavy (non-hydrogen) atoms. The van der Waals surface area contributed by atoms with E-state index < -0.39 is 11.8 Å². The predicted molar refractivity (Wildman–Crippen MR) is 70.1 cm³/mol. The third-order valence-corrected chi connectivity index (χ3v) is 3.57. The summed E-state index contributed by atoms with van der Waals surface area (Å²) in [5.74, 6) is -0.593. The lowest BCUT2D eigenvalue weighted by molar-refractivity contribution is 0.0594. The Morgan fingerprint density at radius 3 is 2.74 bits per heavy atom. The first-order chi connectivity index (χ1) is 9.08. The molecule has 0 unspecified atom stereocenters. The summed E-state index contributed by atoms with van der Waals surface area (Å²) in [7, 11) is 2.74. The Morgan fingerprint density at radius 2 is 2.11 bits per heavy atom. The van der Waals surface area contributed by atoms with Gasteiger partial charge >= 0.3 is 5.97 Å².